The van der Waals surface area contributed by atoms with Gasteiger partial charge in [0.25, 0.3) is 11.5 Å². The first kappa shape index (κ1) is 16.5. The molecule has 0 aliphatic rings. The number of fused-ring (bicyclic) bond motifs is 3. The number of imidazole rings is 1. The summed E-state index contributed by atoms with van der Waals surface area (Å²) >= 11 is 0. The van der Waals surface area contributed by atoms with Crippen molar-refractivity contribution in [2.45, 2.75) is 0 Å². The Labute approximate surface area is 152 Å². The molecule has 1 amide bonds. The molecule has 4 aromatic rings. The molecule has 0 aliphatic heterocycles. The number of carbonyl (C=O) groups is 1. The van der Waals surface area contributed by atoms with Crippen molar-refractivity contribution in [1.29, 1.82) is 5.26 Å². The van der Waals surface area contributed by atoms with Gasteiger partial charge in [-0.15, -0.1) is 0 Å². The Bertz CT molecular complexity index is 1310. The summed E-state index contributed by atoms with van der Waals surface area (Å²) in [5.41, 5.74) is 1.86. The minimum absolute atomic E-state index is 0.0188. The van der Waals surface area contributed by atoms with E-state index in [1.165, 1.54) is 22.6 Å². The first-order chi connectivity index (χ1) is 13.0. The molecule has 2 heterocycles. The molecule has 132 valence electrons. The summed E-state index contributed by atoms with van der Waals surface area (Å²) in [6.07, 6.45) is 0. The summed E-state index contributed by atoms with van der Waals surface area (Å²) in [6, 6.07) is 15.7. The monoisotopic (exact) mass is 360 g/mol. The number of hydrogen-bond donors (Lipinski definition) is 1. The molecule has 0 saturated heterocycles. The summed E-state index contributed by atoms with van der Waals surface area (Å²) in [5, 5.41) is 12.1. The number of halogens is 1. The van der Waals surface area contributed by atoms with Crippen LogP contribution >= 0.6 is 0 Å². The van der Waals surface area contributed by atoms with Gasteiger partial charge < -0.3 is 9.88 Å². The zero-order valence-electron chi connectivity index (χ0n) is 14.2. The molecule has 0 spiro atoms. The van der Waals surface area contributed by atoms with Crippen LogP contribution in [0.5, 0.6) is 0 Å². The third-order valence-electron chi connectivity index (χ3n) is 4.45. The van der Waals surface area contributed by atoms with Crippen LogP contribution < -0.4 is 10.9 Å². The largest absolute Gasteiger partial charge is 0.328 e. The number of hydrogen-bond acceptors (Lipinski definition) is 3. The van der Waals surface area contributed by atoms with Gasteiger partial charge >= 0.3 is 0 Å². The number of carbonyl (C=O) groups excluding carboxylic acids is 1. The van der Waals surface area contributed by atoms with Crippen LogP contribution in [-0.2, 0) is 7.05 Å². The van der Waals surface area contributed by atoms with Gasteiger partial charge in [-0.05, 0) is 42.5 Å². The van der Waals surface area contributed by atoms with Crippen LogP contribution in [-0.4, -0.2) is 14.9 Å². The van der Waals surface area contributed by atoms with Gasteiger partial charge in [-0.1, -0.05) is 12.1 Å². The zero-order valence-corrected chi connectivity index (χ0v) is 14.2. The minimum Gasteiger partial charge on any atom is -0.328 e. The summed E-state index contributed by atoms with van der Waals surface area (Å²) in [4.78, 5) is 25.4. The minimum atomic E-state index is -0.559. The summed E-state index contributed by atoms with van der Waals surface area (Å²) in [6.45, 7) is 0. The fraction of sp³-hybridized carbons (Fsp3) is 0.0500. The Morgan fingerprint density at radius 2 is 1.78 bits per heavy atom. The van der Waals surface area contributed by atoms with E-state index in [-0.39, 0.29) is 16.8 Å². The Morgan fingerprint density at radius 1 is 1.11 bits per heavy atom. The lowest BCUT2D eigenvalue weighted by Crippen LogP contribution is -2.23. The highest BCUT2D eigenvalue weighted by Crippen LogP contribution is 2.22. The standard InChI is InChI=1S/C20H13FN4O2/c1-24-16-4-2-3-5-17(16)25-19(24)13(11-22)10-15(20(25)27)23-18(26)12-6-8-14(21)9-7-12/h2-10H,1H3,(H,23,26). The van der Waals surface area contributed by atoms with Crippen LogP contribution in [0.2, 0.25) is 0 Å². The van der Waals surface area contributed by atoms with Crippen molar-refractivity contribution in [2.75, 3.05) is 5.32 Å². The predicted octanol–water partition coefficient (Wildman–Crippen LogP) is 3.05. The van der Waals surface area contributed by atoms with Crippen molar-refractivity contribution in [1.82, 2.24) is 8.97 Å². The van der Waals surface area contributed by atoms with Gasteiger partial charge in [0.2, 0.25) is 0 Å². The molecule has 4 rings (SSSR count). The highest BCUT2D eigenvalue weighted by atomic mass is 19.1. The number of amides is 1. The first-order valence-electron chi connectivity index (χ1n) is 8.11. The zero-order chi connectivity index (χ0) is 19.1. The summed E-state index contributed by atoms with van der Waals surface area (Å²) in [7, 11) is 1.77. The second-order valence-electron chi connectivity index (χ2n) is 6.06. The maximum Gasteiger partial charge on any atom is 0.280 e. The number of anilines is 1. The molecule has 0 unspecified atom stereocenters. The lowest BCUT2D eigenvalue weighted by atomic mass is 10.2. The van der Waals surface area contributed by atoms with Crippen molar-refractivity contribution in [3.63, 3.8) is 0 Å². The smallest absolute Gasteiger partial charge is 0.280 e. The molecular weight excluding hydrogens is 347 g/mol. The number of nitrogens with one attached hydrogen (secondary N) is 1. The number of benzene rings is 2. The van der Waals surface area contributed by atoms with Gasteiger partial charge in [-0.25, -0.2) is 4.39 Å². The molecule has 2 aromatic carbocycles. The molecule has 27 heavy (non-hydrogen) atoms. The molecule has 0 bridgehead atoms. The van der Waals surface area contributed by atoms with E-state index in [4.69, 9.17) is 0 Å². The number of nitriles is 1. The van der Waals surface area contributed by atoms with E-state index in [0.717, 1.165) is 17.6 Å². The average Bonchev–Trinajstić information content (AvgIpc) is 2.98. The van der Waals surface area contributed by atoms with Crippen LogP contribution in [0.4, 0.5) is 10.1 Å². The normalized spacial score (nSPS) is 10.9. The van der Waals surface area contributed by atoms with Crippen molar-refractivity contribution < 1.29 is 9.18 Å². The molecule has 0 radical (unpaired) electrons. The van der Waals surface area contributed by atoms with Crippen LogP contribution in [0.15, 0.2) is 59.4 Å². The van der Waals surface area contributed by atoms with Gasteiger partial charge in [-0.2, -0.15) is 5.26 Å². The predicted molar refractivity (Wildman–Crippen MR) is 99.2 cm³/mol. The maximum atomic E-state index is 13.0. The Balaban J connectivity index is 1.92. The number of rotatable bonds is 2. The lowest BCUT2D eigenvalue weighted by Gasteiger charge is -2.07. The van der Waals surface area contributed by atoms with Crippen LogP contribution in [0.1, 0.15) is 15.9 Å². The molecule has 7 heteroatoms. The van der Waals surface area contributed by atoms with Crippen LogP contribution in [0, 0.1) is 17.1 Å². The fourth-order valence-corrected chi connectivity index (χ4v) is 3.18. The van der Waals surface area contributed by atoms with Crippen LogP contribution in [0.25, 0.3) is 16.7 Å². The van der Waals surface area contributed by atoms with Gasteiger partial charge in [0.1, 0.15) is 23.2 Å². The fourth-order valence-electron chi connectivity index (χ4n) is 3.18. The summed E-state index contributed by atoms with van der Waals surface area (Å²) in [5.74, 6) is -1.02. The highest BCUT2D eigenvalue weighted by Gasteiger charge is 2.18. The second kappa shape index (κ2) is 6.11. The van der Waals surface area contributed by atoms with Crippen molar-refractivity contribution in [3.8, 4) is 6.07 Å². The topological polar surface area (TPSA) is 79.3 Å². The molecule has 2 aromatic heterocycles. The highest BCUT2D eigenvalue weighted by molar-refractivity contribution is 6.04. The van der Waals surface area contributed by atoms with Gasteiger partial charge in [-0.3, -0.25) is 14.0 Å². The van der Waals surface area contributed by atoms with Crippen molar-refractivity contribution >= 4 is 28.3 Å². The molecule has 0 atom stereocenters. The molecule has 0 aliphatic carbocycles. The lowest BCUT2D eigenvalue weighted by molar-refractivity contribution is 0.102. The molecule has 0 saturated carbocycles. The third kappa shape index (κ3) is 2.55. The van der Waals surface area contributed by atoms with E-state index < -0.39 is 17.3 Å². The van der Waals surface area contributed by atoms with E-state index >= 15 is 0 Å². The van der Waals surface area contributed by atoms with Crippen molar-refractivity contribution in [3.05, 3.63) is 81.9 Å². The second-order valence-corrected chi connectivity index (χ2v) is 6.06. The average molecular weight is 360 g/mol. The maximum absolute atomic E-state index is 13.0. The SMILES string of the molecule is Cn1c2ccccc2n2c(=O)c(NC(=O)c3ccc(F)cc3)cc(C#N)c12. The molecule has 1 N–H and O–H groups in total. The first-order valence-corrected chi connectivity index (χ1v) is 8.11. The molecule has 6 nitrogen and oxygen atoms in total. The number of pyridine rings is 1. The number of aromatic nitrogens is 2. The van der Waals surface area contributed by atoms with E-state index in [1.54, 1.807) is 23.7 Å². The summed E-state index contributed by atoms with van der Waals surface area (Å²) < 4.78 is 16.2. The number of nitrogens with zero attached hydrogens (tertiary/aromatic N) is 3. The van der Waals surface area contributed by atoms with Gasteiger partial charge in [0.15, 0.2) is 0 Å². The third-order valence-corrected chi connectivity index (χ3v) is 4.45. The quantitative estimate of drug-likeness (QED) is 0.597. The Hall–Kier alpha value is -3.92. The number of para-hydroxylation sites is 2. The molecule has 0 fully saturated rings. The van der Waals surface area contributed by atoms with E-state index in [9.17, 15) is 19.2 Å². The van der Waals surface area contributed by atoms with Gasteiger partial charge in [0.05, 0.1) is 16.6 Å². The molecular formula is C20H13FN4O2. The Kier molecular flexibility index (Phi) is 3.74. The Morgan fingerprint density at radius 3 is 2.44 bits per heavy atom. The van der Waals surface area contributed by atoms with E-state index in [2.05, 4.69) is 11.4 Å². The number of aryl methyl sites for hydroxylation is 1. The van der Waals surface area contributed by atoms with Gasteiger partial charge in [0, 0.05) is 12.6 Å². The van der Waals surface area contributed by atoms with E-state index in [0.29, 0.717) is 11.2 Å². The van der Waals surface area contributed by atoms with Crippen LogP contribution in [0.3, 0.4) is 0 Å². The van der Waals surface area contributed by atoms with Crippen molar-refractivity contribution in [2.24, 2.45) is 7.05 Å². The van der Waals surface area contributed by atoms with E-state index in [1.807, 2.05) is 12.1 Å².